The Morgan fingerprint density at radius 1 is 0.857 bits per heavy atom. The van der Waals surface area contributed by atoms with Crippen LogP contribution in [0.5, 0.6) is 0 Å². The Morgan fingerprint density at radius 2 is 1.50 bits per heavy atom. The molecule has 0 aliphatic rings. The topological polar surface area (TPSA) is 27.7 Å². The number of benzene rings is 1. The SMILES string of the molecule is CCC=COCCCC(CCCCCCCC)C(OC)(OC)c1ccccc1. The normalized spacial score (nSPS) is 13.1. The van der Waals surface area contributed by atoms with Gasteiger partial charge in [0.2, 0.25) is 0 Å². The van der Waals surface area contributed by atoms with Gasteiger partial charge in [0, 0.05) is 25.7 Å². The first-order valence-electron chi connectivity index (χ1n) is 11.2. The fourth-order valence-electron chi connectivity index (χ4n) is 3.90. The summed E-state index contributed by atoms with van der Waals surface area (Å²) in [5.41, 5.74) is 1.10. The van der Waals surface area contributed by atoms with Gasteiger partial charge < -0.3 is 14.2 Å². The molecule has 0 aliphatic carbocycles. The van der Waals surface area contributed by atoms with Crippen molar-refractivity contribution in [1.29, 1.82) is 0 Å². The largest absolute Gasteiger partial charge is 0.502 e. The van der Waals surface area contributed by atoms with Crippen LogP contribution in [0.2, 0.25) is 0 Å². The van der Waals surface area contributed by atoms with Crippen molar-refractivity contribution in [3.05, 3.63) is 48.2 Å². The molecular formula is C25H42O3. The summed E-state index contributed by atoms with van der Waals surface area (Å²) in [5, 5.41) is 0. The molecule has 160 valence electrons. The molecule has 0 spiro atoms. The Hall–Kier alpha value is -1.32. The first-order chi connectivity index (χ1) is 13.7. The number of unbranched alkanes of at least 4 members (excludes halogenated alkanes) is 5. The third-order valence-electron chi connectivity index (χ3n) is 5.47. The molecule has 3 heteroatoms. The summed E-state index contributed by atoms with van der Waals surface area (Å²) >= 11 is 0. The monoisotopic (exact) mass is 390 g/mol. The molecule has 0 radical (unpaired) electrons. The molecule has 1 aromatic carbocycles. The summed E-state index contributed by atoms with van der Waals surface area (Å²) in [6.45, 7) is 5.11. The maximum Gasteiger partial charge on any atom is 0.197 e. The van der Waals surface area contributed by atoms with Gasteiger partial charge in [-0.2, -0.15) is 0 Å². The average molecular weight is 391 g/mol. The minimum atomic E-state index is -0.691. The van der Waals surface area contributed by atoms with E-state index in [9.17, 15) is 0 Å². The Kier molecular flexibility index (Phi) is 13.8. The van der Waals surface area contributed by atoms with Crippen molar-refractivity contribution in [2.45, 2.75) is 83.8 Å². The first kappa shape index (κ1) is 24.7. The molecule has 0 bridgehead atoms. The van der Waals surface area contributed by atoms with Crippen LogP contribution in [0.25, 0.3) is 0 Å². The fraction of sp³-hybridized carbons (Fsp3) is 0.680. The molecule has 0 fully saturated rings. The van der Waals surface area contributed by atoms with E-state index in [1.807, 2.05) is 18.4 Å². The molecule has 1 unspecified atom stereocenters. The minimum absolute atomic E-state index is 0.301. The summed E-state index contributed by atoms with van der Waals surface area (Å²) < 4.78 is 17.7. The van der Waals surface area contributed by atoms with Crippen LogP contribution >= 0.6 is 0 Å². The first-order valence-corrected chi connectivity index (χ1v) is 11.2. The van der Waals surface area contributed by atoms with Crippen molar-refractivity contribution in [1.82, 2.24) is 0 Å². The van der Waals surface area contributed by atoms with Gasteiger partial charge >= 0.3 is 0 Å². The number of allylic oxidation sites excluding steroid dienone is 1. The predicted molar refractivity (Wildman–Crippen MR) is 118 cm³/mol. The van der Waals surface area contributed by atoms with Gasteiger partial charge in [0.15, 0.2) is 5.79 Å². The lowest BCUT2D eigenvalue weighted by atomic mass is 9.83. The maximum atomic E-state index is 6.05. The molecule has 0 aromatic heterocycles. The van der Waals surface area contributed by atoms with Crippen LogP contribution < -0.4 is 0 Å². The summed E-state index contributed by atoms with van der Waals surface area (Å²) in [7, 11) is 3.54. The lowest BCUT2D eigenvalue weighted by molar-refractivity contribution is -0.253. The number of hydrogen-bond acceptors (Lipinski definition) is 3. The van der Waals surface area contributed by atoms with Gasteiger partial charge in [-0.3, -0.25) is 0 Å². The van der Waals surface area contributed by atoms with Crippen LogP contribution in [0.15, 0.2) is 42.7 Å². The van der Waals surface area contributed by atoms with Gasteiger partial charge in [0.25, 0.3) is 0 Å². The van der Waals surface area contributed by atoms with Gasteiger partial charge in [0.05, 0.1) is 12.9 Å². The van der Waals surface area contributed by atoms with Crippen molar-refractivity contribution in [3.8, 4) is 0 Å². The molecule has 0 aliphatic heterocycles. The van der Waals surface area contributed by atoms with Gasteiger partial charge in [-0.1, -0.05) is 88.8 Å². The minimum Gasteiger partial charge on any atom is -0.502 e. The van der Waals surface area contributed by atoms with E-state index in [4.69, 9.17) is 14.2 Å². The maximum absolute atomic E-state index is 6.05. The lowest BCUT2D eigenvalue weighted by Crippen LogP contribution is -2.39. The van der Waals surface area contributed by atoms with Crippen molar-refractivity contribution in [3.63, 3.8) is 0 Å². The van der Waals surface area contributed by atoms with E-state index in [-0.39, 0.29) is 0 Å². The van der Waals surface area contributed by atoms with Gasteiger partial charge in [-0.05, 0) is 25.7 Å². The molecule has 3 nitrogen and oxygen atoms in total. The molecule has 1 rings (SSSR count). The van der Waals surface area contributed by atoms with Crippen LogP contribution in [-0.4, -0.2) is 20.8 Å². The zero-order valence-corrected chi connectivity index (χ0v) is 18.6. The van der Waals surface area contributed by atoms with E-state index in [1.54, 1.807) is 14.2 Å². The van der Waals surface area contributed by atoms with Crippen LogP contribution in [-0.2, 0) is 20.0 Å². The lowest BCUT2D eigenvalue weighted by Gasteiger charge is -2.39. The van der Waals surface area contributed by atoms with Crippen LogP contribution in [0.4, 0.5) is 0 Å². The van der Waals surface area contributed by atoms with Crippen molar-refractivity contribution >= 4 is 0 Å². The Bertz CT molecular complexity index is 494. The van der Waals surface area contributed by atoms with Crippen LogP contribution in [0.1, 0.15) is 83.6 Å². The highest BCUT2D eigenvalue weighted by Gasteiger charge is 2.40. The molecular weight excluding hydrogens is 348 g/mol. The van der Waals surface area contributed by atoms with Gasteiger partial charge in [-0.15, -0.1) is 0 Å². The number of ether oxygens (including phenoxy) is 3. The smallest absolute Gasteiger partial charge is 0.197 e. The molecule has 0 N–H and O–H groups in total. The predicted octanol–water partition coefficient (Wildman–Crippen LogP) is 7.22. The van der Waals surface area contributed by atoms with Crippen LogP contribution in [0.3, 0.4) is 0 Å². The molecule has 1 atom stereocenters. The third-order valence-corrected chi connectivity index (χ3v) is 5.47. The Morgan fingerprint density at radius 3 is 2.14 bits per heavy atom. The second-order valence-corrected chi connectivity index (χ2v) is 7.49. The standard InChI is InChI=1S/C25H42O3/c1-5-7-9-10-11-13-17-24(20-16-22-28-21-8-6-2)25(26-3,27-4)23-18-14-12-15-19-23/h8,12,14-15,18-19,21,24H,5-7,9-11,13,16-17,20,22H2,1-4H3. The average Bonchev–Trinajstić information content (AvgIpc) is 2.74. The summed E-state index contributed by atoms with van der Waals surface area (Å²) in [6, 6.07) is 10.4. The summed E-state index contributed by atoms with van der Waals surface area (Å²) in [4.78, 5) is 0. The molecule has 0 heterocycles. The van der Waals surface area contributed by atoms with Crippen molar-refractivity contribution in [2.75, 3.05) is 20.8 Å². The fourth-order valence-corrected chi connectivity index (χ4v) is 3.90. The second kappa shape index (κ2) is 15.6. The van der Waals surface area contributed by atoms with E-state index in [2.05, 4.69) is 38.1 Å². The van der Waals surface area contributed by atoms with E-state index < -0.39 is 5.79 Å². The van der Waals surface area contributed by atoms with Crippen LogP contribution in [0, 0.1) is 5.92 Å². The molecule has 0 amide bonds. The Balaban J connectivity index is 2.76. The van der Waals surface area contributed by atoms with E-state index in [1.165, 1.54) is 38.5 Å². The molecule has 0 saturated heterocycles. The van der Waals surface area contributed by atoms with Gasteiger partial charge in [-0.25, -0.2) is 0 Å². The Labute approximate surface area is 173 Å². The molecule has 1 aromatic rings. The highest BCUT2D eigenvalue weighted by molar-refractivity contribution is 5.21. The molecule has 28 heavy (non-hydrogen) atoms. The van der Waals surface area contributed by atoms with E-state index >= 15 is 0 Å². The highest BCUT2D eigenvalue weighted by Crippen LogP contribution is 2.40. The zero-order chi connectivity index (χ0) is 20.5. The number of rotatable bonds is 17. The van der Waals surface area contributed by atoms with Crippen molar-refractivity contribution in [2.24, 2.45) is 5.92 Å². The quantitative estimate of drug-likeness (QED) is 0.160. The zero-order valence-electron chi connectivity index (χ0n) is 18.6. The second-order valence-electron chi connectivity index (χ2n) is 7.49. The van der Waals surface area contributed by atoms with Gasteiger partial charge in [0.1, 0.15) is 0 Å². The summed E-state index contributed by atoms with van der Waals surface area (Å²) in [5.74, 6) is -0.390. The number of hydrogen-bond donors (Lipinski definition) is 0. The van der Waals surface area contributed by atoms with E-state index in [0.29, 0.717) is 5.92 Å². The third kappa shape index (κ3) is 8.36. The highest BCUT2D eigenvalue weighted by atomic mass is 16.7. The summed E-state index contributed by atoms with van der Waals surface area (Å²) in [6.07, 6.45) is 15.8. The van der Waals surface area contributed by atoms with Crippen molar-refractivity contribution < 1.29 is 14.2 Å². The van der Waals surface area contributed by atoms with E-state index in [0.717, 1.165) is 37.9 Å². The number of methoxy groups -OCH3 is 2. The molecule has 0 saturated carbocycles.